The Morgan fingerprint density at radius 1 is 1.04 bits per heavy atom. The molecule has 0 saturated carbocycles. The van der Waals surface area contributed by atoms with E-state index in [1.807, 2.05) is 62.4 Å². The summed E-state index contributed by atoms with van der Waals surface area (Å²) in [6.07, 6.45) is 0. The topological polar surface area (TPSA) is 59.2 Å². The fourth-order valence-corrected chi connectivity index (χ4v) is 2.55. The van der Waals surface area contributed by atoms with Gasteiger partial charge >= 0.3 is 0 Å². The molecule has 0 aliphatic rings. The largest absolute Gasteiger partial charge is 0.337 e. The van der Waals surface area contributed by atoms with Gasteiger partial charge in [0.25, 0.3) is 5.91 Å². The molecule has 0 N–H and O–H groups in total. The van der Waals surface area contributed by atoms with E-state index < -0.39 is 0 Å². The van der Waals surface area contributed by atoms with Gasteiger partial charge in [-0.3, -0.25) is 4.79 Å². The van der Waals surface area contributed by atoms with Crippen LogP contribution in [0.1, 0.15) is 27.4 Å². The molecular weight excluding hydrogens is 302 g/mol. The lowest BCUT2D eigenvalue weighted by Gasteiger charge is -2.16. The number of hydrogen-bond acceptors (Lipinski definition) is 4. The van der Waals surface area contributed by atoms with Crippen LogP contribution in [0.2, 0.25) is 0 Å². The first-order valence-corrected chi connectivity index (χ1v) is 7.76. The summed E-state index contributed by atoms with van der Waals surface area (Å²) in [6.45, 7) is 4.19. The van der Waals surface area contributed by atoms with E-state index in [4.69, 9.17) is 4.52 Å². The van der Waals surface area contributed by atoms with E-state index in [1.54, 1.807) is 11.9 Å². The summed E-state index contributed by atoms with van der Waals surface area (Å²) >= 11 is 0. The molecule has 5 heteroatoms. The van der Waals surface area contributed by atoms with Crippen molar-refractivity contribution in [2.24, 2.45) is 0 Å². The van der Waals surface area contributed by atoms with Gasteiger partial charge in [-0.05, 0) is 31.0 Å². The number of aryl methyl sites for hydroxylation is 2. The second-order valence-corrected chi connectivity index (χ2v) is 5.80. The van der Waals surface area contributed by atoms with Crippen molar-refractivity contribution in [2.45, 2.75) is 20.4 Å². The summed E-state index contributed by atoms with van der Waals surface area (Å²) in [4.78, 5) is 18.5. The molecule has 1 amide bonds. The van der Waals surface area contributed by atoms with Crippen LogP contribution in [0.5, 0.6) is 0 Å². The Labute approximate surface area is 140 Å². The molecule has 0 aliphatic carbocycles. The highest BCUT2D eigenvalue weighted by Gasteiger charge is 2.17. The van der Waals surface area contributed by atoms with Crippen LogP contribution in [-0.4, -0.2) is 28.0 Å². The number of aromatic nitrogens is 2. The minimum atomic E-state index is -0.0660. The molecule has 2 aromatic carbocycles. The first-order valence-electron chi connectivity index (χ1n) is 7.76. The van der Waals surface area contributed by atoms with Gasteiger partial charge in [-0.25, -0.2) is 0 Å². The molecule has 0 fully saturated rings. The van der Waals surface area contributed by atoms with Gasteiger partial charge in [0.2, 0.25) is 11.7 Å². The van der Waals surface area contributed by atoms with Crippen molar-refractivity contribution < 1.29 is 9.32 Å². The number of carbonyl (C=O) groups excluding carboxylic acids is 1. The average Bonchev–Trinajstić information content (AvgIpc) is 3.03. The molecule has 5 nitrogen and oxygen atoms in total. The number of amides is 1. The van der Waals surface area contributed by atoms with Crippen molar-refractivity contribution in [3.05, 3.63) is 71.1 Å². The van der Waals surface area contributed by atoms with Gasteiger partial charge < -0.3 is 9.42 Å². The maximum absolute atomic E-state index is 12.5. The van der Waals surface area contributed by atoms with E-state index in [-0.39, 0.29) is 12.5 Å². The van der Waals surface area contributed by atoms with Crippen LogP contribution >= 0.6 is 0 Å². The normalized spacial score (nSPS) is 10.6. The quantitative estimate of drug-likeness (QED) is 0.736. The zero-order chi connectivity index (χ0) is 17.1. The summed E-state index contributed by atoms with van der Waals surface area (Å²) in [5.41, 5.74) is 3.63. The summed E-state index contributed by atoms with van der Waals surface area (Å²) < 4.78 is 5.31. The zero-order valence-electron chi connectivity index (χ0n) is 14.0. The van der Waals surface area contributed by atoms with Crippen molar-refractivity contribution in [3.63, 3.8) is 0 Å². The van der Waals surface area contributed by atoms with Gasteiger partial charge in [-0.15, -0.1) is 0 Å². The smallest absolute Gasteiger partial charge is 0.254 e. The van der Waals surface area contributed by atoms with Crippen LogP contribution in [0.25, 0.3) is 11.4 Å². The highest BCUT2D eigenvalue weighted by molar-refractivity contribution is 5.95. The second kappa shape index (κ2) is 6.66. The zero-order valence-corrected chi connectivity index (χ0v) is 14.0. The van der Waals surface area contributed by atoms with Crippen molar-refractivity contribution >= 4 is 5.91 Å². The Morgan fingerprint density at radius 2 is 1.71 bits per heavy atom. The van der Waals surface area contributed by atoms with Gasteiger partial charge in [0.05, 0.1) is 6.54 Å². The van der Waals surface area contributed by atoms with E-state index in [2.05, 4.69) is 10.1 Å². The SMILES string of the molecule is Cc1ccccc1C(=O)N(C)Cc1nc(-c2ccccc2C)no1. The van der Waals surface area contributed by atoms with Gasteiger partial charge in [0, 0.05) is 18.2 Å². The number of nitrogens with zero attached hydrogens (tertiary/aromatic N) is 3. The molecule has 0 atom stereocenters. The van der Waals surface area contributed by atoms with Crippen molar-refractivity contribution in [1.29, 1.82) is 0 Å². The maximum Gasteiger partial charge on any atom is 0.254 e. The lowest BCUT2D eigenvalue weighted by atomic mass is 10.1. The molecule has 1 aromatic heterocycles. The Balaban J connectivity index is 1.76. The molecule has 0 bridgehead atoms. The molecule has 0 aliphatic heterocycles. The van der Waals surface area contributed by atoms with Gasteiger partial charge in [0.15, 0.2) is 0 Å². The third-order valence-corrected chi connectivity index (χ3v) is 3.95. The first-order chi connectivity index (χ1) is 11.6. The molecule has 0 unspecified atom stereocenters. The van der Waals surface area contributed by atoms with E-state index >= 15 is 0 Å². The predicted octanol–water partition coefficient (Wildman–Crippen LogP) is 3.63. The van der Waals surface area contributed by atoms with Crippen LogP contribution < -0.4 is 0 Å². The summed E-state index contributed by atoms with van der Waals surface area (Å²) in [6, 6.07) is 15.4. The number of carbonyl (C=O) groups is 1. The molecular formula is C19H19N3O2. The van der Waals surface area contributed by atoms with Crippen LogP contribution in [0.3, 0.4) is 0 Å². The maximum atomic E-state index is 12.5. The fourth-order valence-electron chi connectivity index (χ4n) is 2.55. The lowest BCUT2D eigenvalue weighted by molar-refractivity contribution is 0.0769. The number of rotatable bonds is 4. The number of benzene rings is 2. The Kier molecular flexibility index (Phi) is 4.42. The summed E-state index contributed by atoms with van der Waals surface area (Å²) in [5, 5.41) is 4.03. The Bertz CT molecular complexity index is 870. The molecule has 3 rings (SSSR count). The molecule has 3 aromatic rings. The van der Waals surface area contributed by atoms with Crippen LogP contribution in [0.4, 0.5) is 0 Å². The molecule has 0 spiro atoms. The summed E-state index contributed by atoms with van der Waals surface area (Å²) in [7, 11) is 1.73. The summed E-state index contributed by atoms with van der Waals surface area (Å²) in [5.74, 6) is 0.890. The van der Waals surface area contributed by atoms with Crippen LogP contribution in [0.15, 0.2) is 53.1 Å². The van der Waals surface area contributed by atoms with Crippen LogP contribution in [-0.2, 0) is 6.54 Å². The number of hydrogen-bond donors (Lipinski definition) is 0. The third kappa shape index (κ3) is 3.20. The van der Waals surface area contributed by atoms with E-state index in [1.165, 1.54) is 0 Å². The minimum absolute atomic E-state index is 0.0660. The van der Waals surface area contributed by atoms with Crippen LogP contribution in [0, 0.1) is 13.8 Å². The highest BCUT2D eigenvalue weighted by atomic mass is 16.5. The third-order valence-electron chi connectivity index (χ3n) is 3.95. The standard InChI is InChI=1S/C19H19N3O2/c1-13-8-4-6-10-15(13)18-20-17(24-21-18)12-22(3)19(23)16-11-7-5-9-14(16)2/h4-11H,12H2,1-3H3. The Morgan fingerprint density at radius 3 is 2.42 bits per heavy atom. The fraction of sp³-hybridized carbons (Fsp3) is 0.211. The van der Waals surface area contributed by atoms with Crippen molar-refractivity contribution in [3.8, 4) is 11.4 Å². The van der Waals surface area contributed by atoms with Gasteiger partial charge in [-0.2, -0.15) is 4.98 Å². The van der Waals surface area contributed by atoms with E-state index in [0.29, 0.717) is 17.3 Å². The first kappa shape index (κ1) is 15.9. The monoisotopic (exact) mass is 321 g/mol. The lowest BCUT2D eigenvalue weighted by Crippen LogP contribution is -2.27. The minimum Gasteiger partial charge on any atom is -0.337 e. The van der Waals surface area contributed by atoms with Crippen molar-refractivity contribution in [2.75, 3.05) is 7.05 Å². The van der Waals surface area contributed by atoms with Crippen molar-refractivity contribution in [1.82, 2.24) is 15.0 Å². The molecule has 0 saturated heterocycles. The molecule has 24 heavy (non-hydrogen) atoms. The second-order valence-electron chi connectivity index (χ2n) is 5.80. The Hall–Kier alpha value is -2.95. The predicted molar refractivity (Wildman–Crippen MR) is 91.4 cm³/mol. The highest BCUT2D eigenvalue weighted by Crippen LogP contribution is 2.20. The van der Waals surface area contributed by atoms with Gasteiger partial charge in [-0.1, -0.05) is 47.6 Å². The molecule has 1 heterocycles. The molecule has 122 valence electrons. The van der Waals surface area contributed by atoms with Gasteiger partial charge in [0.1, 0.15) is 0 Å². The van der Waals surface area contributed by atoms with E-state index in [9.17, 15) is 4.79 Å². The average molecular weight is 321 g/mol. The van der Waals surface area contributed by atoms with E-state index in [0.717, 1.165) is 16.7 Å². The molecule has 0 radical (unpaired) electrons.